The average molecular weight is 496 g/mol. The first-order valence-corrected chi connectivity index (χ1v) is 12.4. The van der Waals surface area contributed by atoms with Gasteiger partial charge in [0.1, 0.15) is 23.8 Å². The van der Waals surface area contributed by atoms with E-state index in [1.54, 1.807) is 18.2 Å². The predicted molar refractivity (Wildman–Crippen MR) is 118 cm³/mol. The lowest BCUT2D eigenvalue weighted by Gasteiger charge is -2.22. The van der Waals surface area contributed by atoms with Crippen LogP contribution in [0.15, 0.2) is 36.7 Å². The second-order valence-corrected chi connectivity index (χ2v) is 10.5. The minimum absolute atomic E-state index is 0.0873. The van der Waals surface area contributed by atoms with Gasteiger partial charge in [0, 0.05) is 26.1 Å². The number of nitrogens with zero attached hydrogens (tertiary/aromatic N) is 5. The molecular formula is C21H23ClFN5O4S. The van der Waals surface area contributed by atoms with Gasteiger partial charge in [-0.1, -0.05) is 23.7 Å². The molecule has 0 N–H and O–H groups in total. The van der Waals surface area contributed by atoms with E-state index in [9.17, 15) is 12.8 Å². The smallest absolute Gasteiger partial charge is 0.166 e. The van der Waals surface area contributed by atoms with Crippen LogP contribution in [0.3, 0.4) is 0 Å². The van der Waals surface area contributed by atoms with Gasteiger partial charge in [-0.05, 0) is 31.9 Å². The number of ether oxygens (including phenoxy) is 2. The number of methoxy groups -OCH3 is 1. The molecular weight excluding hydrogens is 473 g/mol. The van der Waals surface area contributed by atoms with Crippen LogP contribution in [0.25, 0.3) is 5.69 Å². The molecule has 3 aromatic rings. The average Bonchev–Trinajstić information content (AvgIpc) is 3.46. The summed E-state index contributed by atoms with van der Waals surface area (Å²) in [7, 11) is -2.48. The van der Waals surface area contributed by atoms with E-state index in [1.807, 2.05) is 0 Å². The van der Waals surface area contributed by atoms with Crippen molar-refractivity contribution in [2.45, 2.75) is 43.0 Å². The van der Waals surface area contributed by atoms with E-state index in [1.165, 1.54) is 37.1 Å². The molecule has 1 aliphatic rings. The minimum Gasteiger partial charge on any atom is -0.372 e. The first-order chi connectivity index (χ1) is 15.8. The topological polar surface area (TPSA) is 109 Å². The molecule has 0 unspecified atom stereocenters. The van der Waals surface area contributed by atoms with Crippen molar-refractivity contribution in [3.8, 4) is 5.69 Å². The van der Waals surface area contributed by atoms with Crippen LogP contribution in [-0.2, 0) is 25.1 Å². The highest BCUT2D eigenvalue weighted by atomic mass is 35.5. The zero-order valence-electron chi connectivity index (χ0n) is 18.1. The maximum absolute atomic E-state index is 14.7. The molecule has 1 fully saturated rings. The summed E-state index contributed by atoms with van der Waals surface area (Å²) in [4.78, 5) is 8.18. The highest BCUT2D eigenvalue weighted by molar-refractivity contribution is 7.91. The molecule has 1 aliphatic heterocycles. The van der Waals surface area contributed by atoms with Crippen LogP contribution in [0.4, 0.5) is 4.39 Å². The van der Waals surface area contributed by atoms with E-state index >= 15 is 0 Å². The summed E-state index contributed by atoms with van der Waals surface area (Å²) >= 11 is 5.84. The summed E-state index contributed by atoms with van der Waals surface area (Å²) in [6.45, 7) is 2.06. The Morgan fingerprint density at radius 1 is 1.27 bits per heavy atom. The van der Waals surface area contributed by atoms with Gasteiger partial charge in [-0.15, -0.1) is 10.2 Å². The lowest BCUT2D eigenvalue weighted by atomic mass is 10.2. The third-order valence-electron chi connectivity index (χ3n) is 5.54. The van der Waals surface area contributed by atoms with Crippen LogP contribution in [0.2, 0.25) is 5.02 Å². The summed E-state index contributed by atoms with van der Waals surface area (Å²) in [6, 6.07) is 6.07. The van der Waals surface area contributed by atoms with Gasteiger partial charge in [0.2, 0.25) is 0 Å². The van der Waals surface area contributed by atoms with Crippen molar-refractivity contribution in [3.05, 3.63) is 65.0 Å². The lowest BCUT2D eigenvalue weighted by molar-refractivity contribution is 0.0948. The van der Waals surface area contributed by atoms with Crippen LogP contribution < -0.4 is 0 Å². The number of rotatable bonds is 8. The van der Waals surface area contributed by atoms with Gasteiger partial charge in [0.15, 0.2) is 27.3 Å². The van der Waals surface area contributed by atoms with Crippen LogP contribution in [-0.4, -0.2) is 52.1 Å². The van der Waals surface area contributed by atoms with E-state index in [4.69, 9.17) is 21.1 Å². The molecule has 4 rings (SSSR count). The molecule has 1 saturated heterocycles. The Labute approximate surface area is 195 Å². The Hall–Kier alpha value is -2.47. The number of aromatic nitrogens is 5. The zero-order chi connectivity index (χ0) is 23.6. The molecule has 12 heteroatoms. The minimum atomic E-state index is -3.86. The van der Waals surface area contributed by atoms with E-state index in [2.05, 4.69) is 20.2 Å². The third kappa shape index (κ3) is 4.91. The summed E-state index contributed by atoms with van der Waals surface area (Å²) < 4.78 is 54.0. The molecule has 0 bridgehead atoms. The number of halogens is 2. The first kappa shape index (κ1) is 23.7. The van der Waals surface area contributed by atoms with Gasteiger partial charge in [-0.3, -0.25) is 4.57 Å². The molecule has 0 amide bonds. The van der Waals surface area contributed by atoms with Gasteiger partial charge >= 0.3 is 0 Å². The monoisotopic (exact) mass is 495 g/mol. The number of para-hydroxylation sites is 1. The summed E-state index contributed by atoms with van der Waals surface area (Å²) in [5.74, 6) is -0.361. The predicted octanol–water partition coefficient (Wildman–Crippen LogP) is 3.39. The van der Waals surface area contributed by atoms with Crippen molar-refractivity contribution >= 4 is 21.4 Å². The van der Waals surface area contributed by atoms with E-state index in [-0.39, 0.29) is 23.4 Å². The number of benzene rings is 1. The highest BCUT2D eigenvalue weighted by Gasteiger charge is 2.35. The Bertz CT molecular complexity index is 1220. The quantitative estimate of drug-likeness (QED) is 0.467. The largest absolute Gasteiger partial charge is 0.372 e. The molecule has 2 aromatic heterocycles. The van der Waals surface area contributed by atoms with Gasteiger partial charge in [0.25, 0.3) is 0 Å². The fraction of sp³-hybridized carbons (Fsp3) is 0.429. The SMILES string of the molecule is CO[C@H](c1ncc(Cl)cn1)[C@H](C)S(=O)(=O)Cc1nnc([C@@H]2CCCO2)n1-c1ccccc1F. The lowest BCUT2D eigenvalue weighted by Crippen LogP contribution is -2.30. The second kappa shape index (κ2) is 9.80. The molecule has 0 saturated carbocycles. The standard InChI is InChI=1S/C21H23ClFN5O4S/c1-13(19(31-2)20-24-10-14(22)11-25-20)33(29,30)12-18-26-27-21(17-8-5-9-32-17)28(18)16-7-4-3-6-15(16)23/h3-4,6-7,10-11,13,17,19H,5,8-9,12H2,1-2H3/t13-,17-,19-/m0/s1. The maximum atomic E-state index is 14.7. The number of hydrogen-bond acceptors (Lipinski definition) is 8. The van der Waals surface area contributed by atoms with Crippen molar-refractivity contribution in [1.29, 1.82) is 0 Å². The Morgan fingerprint density at radius 3 is 2.64 bits per heavy atom. The van der Waals surface area contributed by atoms with Crippen molar-refractivity contribution < 1.29 is 22.3 Å². The molecule has 3 heterocycles. The molecule has 0 radical (unpaired) electrons. The molecule has 176 valence electrons. The van der Waals surface area contributed by atoms with Crippen molar-refractivity contribution in [1.82, 2.24) is 24.7 Å². The van der Waals surface area contributed by atoms with Gasteiger partial charge in [-0.25, -0.2) is 22.8 Å². The van der Waals surface area contributed by atoms with Gasteiger partial charge < -0.3 is 9.47 Å². The first-order valence-electron chi connectivity index (χ1n) is 10.3. The Balaban J connectivity index is 1.70. The Kier molecular flexibility index (Phi) is 7.03. The third-order valence-corrected chi connectivity index (χ3v) is 7.77. The Morgan fingerprint density at radius 2 is 2.00 bits per heavy atom. The van der Waals surface area contributed by atoms with Crippen molar-refractivity contribution in [2.24, 2.45) is 0 Å². The van der Waals surface area contributed by atoms with Crippen LogP contribution in [0, 0.1) is 5.82 Å². The van der Waals surface area contributed by atoms with Crippen molar-refractivity contribution in [3.63, 3.8) is 0 Å². The molecule has 9 nitrogen and oxygen atoms in total. The summed E-state index contributed by atoms with van der Waals surface area (Å²) in [6.07, 6.45) is 2.94. The summed E-state index contributed by atoms with van der Waals surface area (Å²) in [5.41, 5.74) is 0.162. The molecule has 33 heavy (non-hydrogen) atoms. The van der Waals surface area contributed by atoms with Crippen LogP contribution >= 0.6 is 11.6 Å². The van der Waals surface area contributed by atoms with Crippen LogP contribution in [0.5, 0.6) is 0 Å². The summed E-state index contributed by atoms with van der Waals surface area (Å²) in [5, 5.41) is 7.59. The van der Waals surface area contributed by atoms with Crippen LogP contribution in [0.1, 0.15) is 49.4 Å². The van der Waals surface area contributed by atoms with Gasteiger partial charge in [-0.2, -0.15) is 0 Å². The van der Waals surface area contributed by atoms with E-state index < -0.39 is 32.8 Å². The molecule has 1 aromatic carbocycles. The zero-order valence-corrected chi connectivity index (χ0v) is 19.6. The normalized spacial score (nSPS) is 18.4. The molecule has 0 aliphatic carbocycles. The van der Waals surface area contributed by atoms with E-state index in [0.29, 0.717) is 23.9 Å². The fourth-order valence-electron chi connectivity index (χ4n) is 3.79. The van der Waals surface area contributed by atoms with Gasteiger partial charge in [0.05, 0.1) is 16.0 Å². The highest BCUT2D eigenvalue weighted by Crippen LogP contribution is 2.32. The maximum Gasteiger partial charge on any atom is 0.166 e. The molecule has 3 atom stereocenters. The van der Waals surface area contributed by atoms with E-state index in [0.717, 1.165) is 6.42 Å². The number of hydrogen-bond donors (Lipinski definition) is 0. The second-order valence-electron chi connectivity index (χ2n) is 7.69. The van der Waals surface area contributed by atoms with Crippen molar-refractivity contribution in [2.75, 3.05) is 13.7 Å². The molecule has 0 spiro atoms. The fourth-order valence-corrected chi connectivity index (χ4v) is 5.30. The number of sulfone groups is 1.